The van der Waals surface area contributed by atoms with Crippen LogP contribution in [0.2, 0.25) is 0 Å². The fraction of sp³-hybridized carbons (Fsp3) is 0.438. The van der Waals surface area contributed by atoms with E-state index in [1.807, 2.05) is 60.7 Å². The average Bonchev–Trinajstić information content (AvgIpc) is 3.42. The van der Waals surface area contributed by atoms with Crippen LogP contribution in [-0.4, -0.2) is 49.8 Å². The normalized spacial score (nSPS) is 28.4. The second kappa shape index (κ2) is 9.91. The van der Waals surface area contributed by atoms with Crippen molar-refractivity contribution in [3.05, 3.63) is 60.7 Å². The van der Waals surface area contributed by atoms with Crippen LogP contribution in [0.4, 0.5) is 22.7 Å². The summed E-state index contributed by atoms with van der Waals surface area (Å²) in [4.78, 5) is 62.2. The predicted molar refractivity (Wildman–Crippen MR) is 155 cm³/mol. The summed E-state index contributed by atoms with van der Waals surface area (Å²) < 4.78 is 0. The third kappa shape index (κ3) is 3.64. The van der Waals surface area contributed by atoms with Gasteiger partial charge < -0.3 is 9.80 Å². The van der Waals surface area contributed by atoms with E-state index in [1.54, 1.807) is 0 Å². The van der Waals surface area contributed by atoms with Crippen molar-refractivity contribution in [2.24, 2.45) is 35.5 Å². The molecule has 2 heterocycles. The largest absolute Gasteiger partial charge is 0.372 e. The van der Waals surface area contributed by atoms with Crippen molar-refractivity contribution in [2.75, 3.05) is 45.8 Å². The summed E-state index contributed by atoms with van der Waals surface area (Å²) >= 11 is 0. The smallest absolute Gasteiger partial charge is 0.238 e. The van der Waals surface area contributed by atoms with Crippen molar-refractivity contribution in [3.8, 4) is 0 Å². The Balaban J connectivity index is 1.28. The Bertz CT molecular complexity index is 1230. The van der Waals surface area contributed by atoms with E-state index in [0.29, 0.717) is 11.4 Å². The second-order valence-corrected chi connectivity index (χ2v) is 11.0. The third-order valence-electron chi connectivity index (χ3n) is 9.48. The number of amides is 4. The Morgan fingerprint density at radius 2 is 0.775 bits per heavy atom. The van der Waals surface area contributed by atoms with Crippen molar-refractivity contribution in [2.45, 2.75) is 27.7 Å². The van der Waals surface area contributed by atoms with Gasteiger partial charge in [0.05, 0.1) is 35.0 Å². The van der Waals surface area contributed by atoms with Crippen LogP contribution in [0.5, 0.6) is 0 Å². The number of allylic oxidation sites excluding steroid dienone is 2. The zero-order chi connectivity index (χ0) is 28.3. The first-order valence-corrected chi connectivity index (χ1v) is 14.5. The molecule has 0 N–H and O–H groups in total. The fourth-order valence-electron chi connectivity index (χ4n) is 7.54. The monoisotopic (exact) mass is 540 g/mol. The molecule has 2 aromatic carbocycles. The molecule has 2 saturated heterocycles. The maximum absolute atomic E-state index is 13.8. The number of imide groups is 2. The maximum Gasteiger partial charge on any atom is 0.238 e. The minimum absolute atomic E-state index is 0.273. The number of hydrogen-bond acceptors (Lipinski definition) is 6. The highest BCUT2D eigenvalue weighted by Gasteiger charge is 2.68. The Morgan fingerprint density at radius 3 is 1.02 bits per heavy atom. The van der Waals surface area contributed by atoms with E-state index in [1.165, 1.54) is 9.80 Å². The SMILES string of the molecule is CCN(CC)c1ccc(N2C(=O)[C@@H]3C4C=CC([C@H]3C2=O)[C@@H]2C(=O)N(c3ccc(N(CC)CC)cc3)C(=O)[C@@H]42)cc1. The lowest BCUT2D eigenvalue weighted by molar-refractivity contribution is -0.137. The van der Waals surface area contributed by atoms with Crippen LogP contribution in [0.15, 0.2) is 60.7 Å². The topological polar surface area (TPSA) is 81.2 Å². The fourth-order valence-corrected chi connectivity index (χ4v) is 7.54. The van der Waals surface area contributed by atoms with Gasteiger partial charge in [0.15, 0.2) is 0 Å². The average molecular weight is 541 g/mol. The molecule has 1 saturated carbocycles. The zero-order valence-electron chi connectivity index (χ0n) is 23.5. The number of carbonyl (C=O) groups excluding carboxylic acids is 4. The van der Waals surface area contributed by atoms with E-state index in [9.17, 15) is 19.2 Å². The molecular formula is C32H36N4O4. The third-order valence-corrected chi connectivity index (χ3v) is 9.48. The van der Waals surface area contributed by atoms with Gasteiger partial charge in [-0.05, 0) is 76.2 Å². The maximum atomic E-state index is 13.8. The van der Waals surface area contributed by atoms with Gasteiger partial charge in [0.2, 0.25) is 23.6 Å². The van der Waals surface area contributed by atoms with Crippen LogP contribution in [-0.2, 0) is 19.2 Å². The molecule has 2 unspecified atom stereocenters. The van der Waals surface area contributed by atoms with E-state index in [-0.39, 0.29) is 23.6 Å². The summed E-state index contributed by atoms with van der Waals surface area (Å²) in [7, 11) is 0. The molecule has 3 aliphatic carbocycles. The molecule has 2 aromatic rings. The number of carbonyl (C=O) groups is 4. The van der Waals surface area contributed by atoms with Gasteiger partial charge in [-0.2, -0.15) is 0 Å². The molecule has 0 aromatic heterocycles. The Morgan fingerprint density at radius 1 is 0.500 bits per heavy atom. The molecule has 2 aliphatic heterocycles. The van der Waals surface area contributed by atoms with E-state index in [0.717, 1.165) is 37.6 Å². The van der Waals surface area contributed by atoms with Gasteiger partial charge in [0.25, 0.3) is 0 Å². The van der Waals surface area contributed by atoms with E-state index >= 15 is 0 Å². The van der Waals surface area contributed by atoms with Crippen LogP contribution >= 0.6 is 0 Å². The first kappa shape index (κ1) is 26.3. The Hall–Kier alpha value is -3.94. The van der Waals surface area contributed by atoms with Crippen LogP contribution in [0.25, 0.3) is 0 Å². The molecule has 0 spiro atoms. The van der Waals surface area contributed by atoms with Crippen LogP contribution in [0.3, 0.4) is 0 Å². The molecule has 4 amide bonds. The van der Waals surface area contributed by atoms with Crippen LogP contribution in [0, 0.1) is 35.5 Å². The molecule has 2 bridgehead atoms. The molecule has 7 rings (SSSR count). The standard InChI is InChI=1S/C32H36N4O4/c1-5-33(6-2)19-9-13-21(14-10-19)35-29(37)25-23-17-18-24(26(25)30(35)38)28-27(23)31(39)36(32(28)40)22-15-11-20(12-16-22)34(7-3)8-4/h9-18,23-28H,5-8H2,1-4H3/t23?,24?,25-,26-,27+,28+. The number of benzene rings is 2. The van der Waals surface area contributed by atoms with Crippen molar-refractivity contribution in [1.29, 1.82) is 0 Å². The van der Waals surface area contributed by atoms with E-state index in [2.05, 4.69) is 37.5 Å². The number of rotatable bonds is 8. The highest BCUT2D eigenvalue weighted by molar-refractivity contribution is 6.26. The van der Waals surface area contributed by atoms with Crippen molar-refractivity contribution in [1.82, 2.24) is 0 Å². The Kier molecular flexibility index (Phi) is 6.51. The molecule has 6 atom stereocenters. The van der Waals surface area contributed by atoms with Gasteiger partial charge in [-0.25, -0.2) is 0 Å². The van der Waals surface area contributed by atoms with E-state index < -0.39 is 35.5 Å². The van der Waals surface area contributed by atoms with Gasteiger partial charge in [0, 0.05) is 49.4 Å². The molecule has 8 nitrogen and oxygen atoms in total. The zero-order valence-corrected chi connectivity index (χ0v) is 23.5. The van der Waals surface area contributed by atoms with Crippen LogP contribution < -0.4 is 19.6 Å². The molecule has 0 radical (unpaired) electrons. The minimum Gasteiger partial charge on any atom is -0.372 e. The van der Waals surface area contributed by atoms with Gasteiger partial charge in [-0.1, -0.05) is 12.2 Å². The number of hydrogen-bond donors (Lipinski definition) is 0. The highest BCUT2D eigenvalue weighted by atomic mass is 16.2. The first-order valence-electron chi connectivity index (χ1n) is 14.5. The summed E-state index contributed by atoms with van der Waals surface area (Å²) in [5, 5.41) is 0. The second-order valence-electron chi connectivity index (χ2n) is 11.0. The predicted octanol–water partition coefficient (Wildman–Crippen LogP) is 4.11. The molecule has 5 aliphatic rings. The molecular weight excluding hydrogens is 504 g/mol. The van der Waals surface area contributed by atoms with Crippen molar-refractivity contribution < 1.29 is 19.2 Å². The van der Waals surface area contributed by atoms with Crippen molar-refractivity contribution >= 4 is 46.4 Å². The summed E-state index contributed by atoms with van der Waals surface area (Å²) in [5.41, 5.74) is 3.14. The lowest BCUT2D eigenvalue weighted by Crippen LogP contribution is -2.50. The molecule has 8 heteroatoms. The summed E-state index contributed by atoms with van der Waals surface area (Å²) in [6, 6.07) is 15.0. The highest BCUT2D eigenvalue weighted by Crippen LogP contribution is 2.58. The lowest BCUT2D eigenvalue weighted by Gasteiger charge is -2.44. The lowest BCUT2D eigenvalue weighted by atomic mass is 9.54. The van der Waals surface area contributed by atoms with Crippen molar-refractivity contribution in [3.63, 3.8) is 0 Å². The summed E-state index contributed by atoms with van der Waals surface area (Å²) in [6.07, 6.45) is 3.81. The van der Waals surface area contributed by atoms with E-state index in [4.69, 9.17) is 0 Å². The number of nitrogens with zero attached hydrogens (tertiary/aromatic N) is 4. The quantitative estimate of drug-likeness (QED) is 0.370. The van der Waals surface area contributed by atoms with Gasteiger partial charge >= 0.3 is 0 Å². The molecule has 3 fully saturated rings. The first-order chi connectivity index (χ1) is 19.4. The minimum atomic E-state index is -0.632. The molecule has 40 heavy (non-hydrogen) atoms. The molecule has 208 valence electrons. The Labute approximate surface area is 235 Å². The number of anilines is 4. The van der Waals surface area contributed by atoms with Crippen LogP contribution in [0.1, 0.15) is 27.7 Å². The van der Waals surface area contributed by atoms with Gasteiger partial charge in [-0.15, -0.1) is 0 Å². The summed E-state index contributed by atoms with van der Waals surface area (Å²) in [6.45, 7) is 11.8. The van der Waals surface area contributed by atoms with Gasteiger partial charge in [0.1, 0.15) is 0 Å². The summed E-state index contributed by atoms with van der Waals surface area (Å²) in [5.74, 6) is -4.57. The van der Waals surface area contributed by atoms with Gasteiger partial charge in [-0.3, -0.25) is 29.0 Å².